The summed E-state index contributed by atoms with van der Waals surface area (Å²) in [6.07, 6.45) is 0.362. The molecule has 16 heavy (non-hydrogen) atoms. The van der Waals surface area contributed by atoms with Gasteiger partial charge >= 0.3 is 0 Å². The van der Waals surface area contributed by atoms with Crippen LogP contribution in [0.2, 0.25) is 0 Å². The van der Waals surface area contributed by atoms with E-state index in [0.29, 0.717) is 17.9 Å². The normalized spacial score (nSPS) is 9.06. The van der Waals surface area contributed by atoms with Crippen LogP contribution in [-0.4, -0.2) is 26.0 Å². The molecular weight excluding hydrogens is 212 g/mol. The molecule has 0 aromatic heterocycles. The Bertz CT molecular complexity index is 368. The van der Waals surface area contributed by atoms with Crippen LogP contribution in [0.1, 0.15) is 0 Å². The van der Waals surface area contributed by atoms with Crippen molar-refractivity contribution in [3.05, 3.63) is 24.3 Å². The minimum Gasteiger partial charge on any atom is -0.493 e. The number of ether oxygens (including phenoxy) is 2. The Hall–Kier alpha value is -2.24. The first-order valence-corrected chi connectivity index (χ1v) is 4.51. The highest BCUT2D eigenvalue weighted by molar-refractivity contribution is 5.78. The van der Waals surface area contributed by atoms with Crippen molar-refractivity contribution in [2.24, 2.45) is 0 Å². The number of benzene rings is 1. The average molecular weight is 224 g/mol. The summed E-state index contributed by atoms with van der Waals surface area (Å²) in [4.78, 5) is 21.0. The maximum Gasteiger partial charge on any atom is 0.276 e. The minimum atomic E-state index is -0.460. The summed E-state index contributed by atoms with van der Waals surface area (Å²) in [7, 11) is 1.51. The van der Waals surface area contributed by atoms with E-state index in [1.54, 1.807) is 24.3 Å². The lowest BCUT2D eigenvalue weighted by molar-refractivity contribution is -0.126. The summed E-state index contributed by atoms with van der Waals surface area (Å²) in [6.45, 7) is -0.207. The highest BCUT2D eigenvalue weighted by Gasteiger charge is 2.05. The molecule has 0 spiro atoms. The topological polar surface area (TPSA) is 76.7 Å². The lowest BCUT2D eigenvalue weighted by Crippen LogP contribution is -2.39. The number of hydrogen-bond acceptors (Lipinski definition) is 4. The fraction of sp³-hybridized carbons (Fsp3) is 0.200. The van der Waals surface area contributed by atoms with Gasteiger partial charge in [0, 0.05) is 0 Å². The molecule has 0 saturated carbocycles. The van der Waals surface area contributed by atoms with Gasteiger partial charge in [-0.3, -0.25) is 20.4 Å². The number of methoxy groups -OCH3 is 1. The number of hydrazine groups is 1. The number of rotatable bonds is 6. The summed E-state index contributed by atoms with van der Waals surface area (Å²) in [6, 6.07) is 6.95. The third-order valence-electron chi connectivity index (χ3n) is 1.70. The molecule has 0 aliphatic carbocycles. The summed E-state index contributed by atoms with van der Waals surface area (Å²) >= 11 is 0. The van der Waals surface area contributed by atoms with E-state index in [4.69, 9.17) is 9.47 Å². The van der Waals surface area contributed by atoms with Gasteiger partial charge in [-0.2, -0.15) is 0 Å². The molecule has 86 valence electrons. The summed E-state index contributed by atoms with van der Waals surface area (Å²) in [5.41, 5.74) is 4.14. The highest BCUT2D eigenvalue weighted by atomic mass is 16.5. The van der Waals surface area contributed by atoms with Crippen molar-refractivity contribution in [2.75, 3.05) is 13.7 Å². The molecule has 6 nitrogen and oxygen atoms in total. The third-order valence-corrected chi connectivity index (χ3v) is 1.70. The van der Waals surface area contributed by atoms with Crippen molar-refractivity contribution in [3.63, 3.8) is 0 Å². The van der Waals surface area contributed by atoms with Crippen LogP contribution in [0.15, 0.2) is 24.3 Å². The number of hydrogen-bond donors (Lipinski definition) is 2. The van der Waals surface area contributed by atoms with E-state index in [1.807, 2.05) is 5.43 Å². The fourth-order valence-electron chi connectivity index (χ4n) is 1.03. The summed E-state index contributed by atoms with van der Waals surface area (Å²) < 4.78 is 10.2. The van der Waals surface area contributed by atoms with Gasteiger partial charge in [-0.25, -0.2) is 0 Å². The van der Waals surface area contributed by atoms with Crippen LogP contribution >= 0.6 is 0 Å². The molecule has 0 heterocycles. The van der Waals surface area contributed by atoms with E-state index in [2.05, 4.69) is 5.43 Å². The first kappa shape index (κ1) is 11.8. The van der Waals surface area contributed by atoms with Gasteiger partial charge in [0.2, 0.25) is 6.41 Å². The molecule has 0 aliphatic rings. The number of carbonyl (C=O) groups is 2. The molecule has 0 fully saturated rings. The maximum absolute atomic E-state index is 11.1. The largest absolute Gasteiger partial charge is 0.493 e. The van der Waals surface area contributed by atoms with Gasteiger partial charge in [-0.05, 0) is 12.1 Å². The van der Waals surface area contributed by atoms with Crippen molar-refractivity contribution < 1.29 is 19.1 Å². The fourth-order valence-corrected chi connectivity index (χ4v) is 1.03. The minimum absolute atomic E-state index is 0.207. The van der Waals surface area contributed by atoms with E-state index < -0.39 is 5.91 Å². The van der Waals surface area contributed by atoms with Gasteiger partial charge in [0.05, 0.1) is 7.11 Å². The van der Waals surface area contributed by atoms with Crippen molar-refractivity contribution in [3.8, 4) is 11.5 Å². The second-order valence-electron chi connectivity index (χ2n) is 2.75. The zero-order valence-electron chi connectivity index (χ0n) is 8.73. The van der Waals surface area contributed by atoms with Crippen LogP contribution in [0.4, 0.5) is 0 Å². The van der Waals surface area contributed by atoms with Gasteiger partial charge < -0.3 is 9.47 Å². The van der Waals surface area contributed by atoms with Gasteiger partial charge in [0.15, 0.2) is 18.1 Å². The van der Waals surface area contributed by atoms with Crippen molar-refractivity contribution >= 4 is 12.3 Å². The number of carbonyl (C=O) groups excluding carboxylic acids is 2. The third kappa shape index (κ3) is 3.49. The van der Waals surface area contributed by atoms with E-state index in [-0.39, 0.29) is 6.61 Å². The molecule has 0 bridgehead atoms. The number of amides is 2. The standard InChI is InChI=1S/C10H12N2O4/c1-15-8-4-2-3-5-9(8)16-6-10(14)12-11-7-13/h2-5,7H,6H2,1H3,(H,11,13)(H,12,14). The molecule has 1 rings (SSSR count). The van der Waals surface area contributed by atoms with Gasteiger partial charge in [0.25, 0.3) is 5.91 Å². The molecule has 1 aromatic rings. The van der Waals surface area contributed by atoms with E-state index in [9.17, 15) is 9.59 Å². The first-order valence-electron chi connectivity index (χ1n) is 4.51. The second kappa shape index (κ2) is 6.28. The van der Waals surface area contributed by atoms with Crippen LogP contribution in [0.5, 0.6) is 11.5 Å². The molecule has 0 radical (unpaired) electrons. The summed E-state index contributed by atoms with van der Waals surface area (Å²) in [5, 5.41) is 0. The maximum atomic E-state index is 11.1. The molecule has 0 saturated heterocycles. The van der Waals surface area contributed by atoms with E-state index in [1.165, 1.54) is 7.11 Å². The van der Waals surface area contributed by atoms with Crippen LogP contribution < -0.4 is 20.3 Å². The lowest BCUT2D eigenvalue weighted by atomic mass is 10.3. The number of para-hydroxylation sites is 2. The lowest BCUT2D eigenvalue weighted by Gasteiger charge is -2.09. The first-order chi connectivity index (χ1) is 7.77. The molecule has 0 unspecified atom stereocenters. The van der Waals surface area contributed by atoms with E-state index >= 15 is 0 Å². The quantitative estimate of drug-likeness (QED) is 0.520. The van der Waals surface area contributed by atoms with Crippen LogP contribution in [0.25, 0.3) is 0 Å². The zero-order chi connectivity index (χ0) is 11.8. The molecule has 0 atom stereocenters. The average Bonchev–Trinajstić information content (AvgIpc) is 2.34. The van der Waals surface area contributed by atoms with Gasteiger partial charge in [-0.1, -0.05) is 12.1 Å². The Morgan fingerprint density at radius 2 is 2.06 bits per heavy atom. The predicted octanol–water partition coefficient (Wildman–Crippen LogP) is -0.149. The zero-order valence-corrected chi connectivity index (χ0v) is 8.73. The molecule has 2 N–H and O–H groups in total. The molecule has 6 heteroatoms. The van der Waals surface area contributed by atoms with Crippen LogP contribution in [-0.2, 0) is 9.59 Å². The summed E-state index contributed by atoms with van der Waals surface area (Å²) in [5.74, 6) is 0.544. The molecule has 2 amide bonds. The molecule has 0 aliphatic heterocycles. The van der Waals surface area contributed by atoms with Crippen molar-refractivity contribution in [1.82, 2.24) is 10.9 Å². The highest BCUT2D eigenvalue weighted by Crippen LogP contribution is 2.25. The monoisotopic (exact) mass is 224 g/mol. The van der Waals surface area contributed by atoms with Gasteiger partial charge in [-0.15, -0.1) is 0 Å². The molecule has 1 aromatic carbocycles. The SMILES string of the molecule is COc1ccccc1OCC(=O)NNC=O. The Balaban J connectivity index is 2.47. The Morgan fingerprint density at radius 3 is 2.69 bits per heavy atom. The van der Waals surface area contributed by atoms with Crippen LogP contribution in [0.3, 0.4) is 0 Å². The predicted molar refractivity (Wildman–Crippen MR) is 55.8 cm³/mol. The smallest absolute Gasteiger partial charge is 0.276 e. The van der Waals surface area contributed by atoms with Gasteiger partial charge in [0.1, 0.15) is 0 Å². The Morgan fingerprint density at radius 1 is 1.38 bits per heavy atom. The second-order valence-corrected chi connectivity index (χ2v) is 2.75. The van der Waals surface area contributed by atoms with E-state index in [0.717, 1.165) is 0 Å². The Labute approximate surface area is 92.5 Å². The number of nitrogens with one attached hydrogen (secondary N) is 2. The van der Waals surface area contributed by atoms with Crippen LogP contribution in [0, 0.1) is 0 Å². The molecular formula is C10H12N2O4. The van der Waals surface area contributed by atoms with Crippen molar-refractivity contribution in [1.29, 1.82) is 0 Å². The van der Waals surface area contributed by atoms with Crippen molar-refractivity contribution in [2.45, 2.75) is 0 Å². The Kier molecular flexibility index (Phi) is 4.65.